The van der Waals surface area contributed by atoms with Gasteiger partial charge in [-0.25, -0.2) is 22.0 Å². The van der Waals surface area contributed by atoms with E-state index in [0.717, 1.165) is 5.56 Å². The second kappa shape index (κ2) is 5.81. The molecule has 0 radical (unpaired) electrons. The summed E-state index contributed by atoms with van der Waals surface area (Å²) in [6.45, 7) is 0.0698. The molecule has 104 valence electrons. The maximum Gasteiger partial charge on any atom is 0.200 e. The molecule has 0 fully saturated rings. The lowest BCUT2D eigenvalue weighted by Crippen LogP contribution is -2.06. The van der Waals surface area contributed by atoms with Crippen molar-refractivity contribution in [3.05, 3.63) is 70.5 Å². The Morgan fingerprint density at radius 3 is 1.80 bits per heavy atom. The predicted octanol–water partition coefficient (Wildman–Crippen LogP) is 4.00. The van der Waals surface area contributed by atoms with Crippen molar-refractivity contribution in [3.63, 3.8) is 0 Å². The van der Waals surface area contributed by atoms with E-state index in [4.69, 9.17) is 0 Å². The van der Waals surface area contributed by atoms with Gasteiger partial charge in [0.15, 0.2) is 23.3 Å². The highest BCUT2D eigenvalue weighted by molar-refractivity contribution is 5.80. The van der Waals surface area contributed by atoms with Crippen molar-refractivity contribution in [1.29, 1.82) is 0 Å². The maximum absolute atomic E-state index is 13.3. The summed E-state index contributed by atoms with van der Waals surface area (Å²) in [6.07, 6.45) is 0.642. The van der Waals surface area contributed by atoms with E-state index >= 15 is 0 Å². The zero-order valence-electron chi connectivity index (χ0n) is 10.0. The van der Waals surface area contributed by atoms with Gasteiger partial charge in [-0.1, -0.05) is 30.3 Å². The van der Waals surface area contributed by atoms with Crippen LogP contribution in [0.3, 0.4) is 0 Å². The van der Waals surface area contributed by atoms with Crippen LogP contribution in [0.15, 0.2) is 35.3 Å². The predicted molar refractivity (Wildman–Crippen MR) is 64.0 cm³/mol. The highest BCUT2D eigenvalue weighted by Gasteiger charge is 2.24. The first-order chi connectivity index (χ1) is 9.52. The number of halogens is 5. The second-order valence-corrected chi connectivity index (χ2v) is 3.94. The summed E-state index contributed by atoms with van der Waals surface area (Å²) in [7, 11) is 0. The van der Waals surface area contributed by atoms with Gasteiger partial charge < -0.3 is 0 Å². The van der Waals surface area contributed by atoms with Crippen LogP contribution in [0, 0.1) is 29.1 Å². The minimum atomic E-state index is -2.18. The normalized spacial score (nSPS) is 11.2. The number of aliphatic imine (C=N–C) groups is 1. The number of hydrogen-bond donors (Lipinski definition) is 0. The quantitative estimate of drug-likeness (QED) is 0.350. The van der Waals surface area contributed by atoms with Crippen LogP contribution in [0.1, 0.15) is 11.1 Å². The zero-order chi connectivity index (χ0) is 14.7. The monoisotopic (exact) mass is 285 g/mol. The lowest BCUT2D eigenvalue weighted by Gasteiger charge is -2.03. The van der Waals surface area contributed by atoms with Crippen LogP contribution in [-0.4, -0.2) is 6.21 Å². The van der Waals surface area contributed by atoms with Crippen molar-refractivity contribution in [2.45, 2.75) is 6.54 Å². The molecule has 0 atom stereocenters. The molecular weight excluding hydrogens is 277 g/mol. The molecule has 0 aliphatic heterocycles. The summed E-state index contributed by atoms with van der Waals surface area (Å²) >= 11 is 0. The molecule has 0 aliphatic carbocycles. The molecular formula is C14H8F5N. The first-order valence-corrected chi connectivity index (χ1v) is 5.57. The van der Waals surface area contributed by atoms with Crippen LogP contribution in [0.2, 0.25) is 0 Å². The first kappa shape index (κ1) is 14.2. The Labute approximate surface area is 111 Å². The molecule has 0 spiro atoms. The minimum absolute atomic E-state index is 0.0698. The Kier molecular flexibility index (Phi) is 4.12. The van der Waals surface area contributed by atoms with Crippen LogP contribution in [0.4, 0.5) is 22.0 Å². The molecule has 0 bridgehead atoms. The van der Waals surface area contributed by atoms with Crippen LogP contribution in [0.25, 0.3) is 0 Å². The largest absolute Gasteiger partial charge is 0.288 e. The van der Waals surface area contributed by atoms with E-state index in [1.54, 1.807) is 30.3 Å². The number of hydrogen-bond acceptors (Lipinski definition) is 1. The van der Waals surface area contributed by atoms with Gasteiger partial charge in [-0.05, 0) is 5.56 Å². The number of rotatable bonds is 3. The topological polar surface area (TPSA) is 12.4 Å². The fraction of sp³-hybridized carbons (Fsp3) is 0.0714. The highest BCUT2D eigenvalue weighted by atomic mass is 19.2. The maximum atomic E-state index is 13.3. The van der Waals surface area contributed by atoms with Gasteiger partial charge in [0, 0.05) is 6.21 Å². The van der Waals surface area contributed by atoms with Gasteiger partial charge in [0.25, 0.3) is 0 Å². The Bertz CT molecular complexity index is 623. The van der Waals surface area contributed by atoms with Crippen LogP contribution < -0.4 is 0 Å². The molecule has 0 unspecified atom stereocenters. The van der Waals surface area contributed by atoms with E-state index in [9.17, 15) is 22.0 Å². The van der Waals surface area contributed by atoms with Crippen molar-refractivity contribution in [1.82, 2.24) is 0 Å². The molecule has 0 N–H and O–H groups in total. The van der Waals surface area contributed by atoms with Crippen molar-refractivity contribution in [2.75, 3.05) is 0 Å². The lowest BCUT2D eigenvalue weighted by molar-refractivity contribution is 0.377. The molecule has 20 heavy (non-hydrogen) atoms. The van der Waals surface area contributed by atoms with E-state index in [1.807, 2.05) is 0 Å². The van der Waals surface area contributed by atoms with Crippen molar-refractivity contribution in [2.24, 2.45) is 4.99 Å². The average molecular weight is 285 g/mol. The minimum Gasteiger partial charge on any atom is -0.288 e. The zero-order valence-corrected chi connectivity index (χ0v) is 10.0. The molecule has 0 aliphatic rings. The molecule has 0 aromatic heterocycles. The third-order valence-electron chi connectivity index (χ3n) is 2.58. The SMILES string of the molecule is Fc1c(F)c(F)c(C=NCc2ccccc2)c(F)c1F. The number of nitrogens with zero attached hydrogens (tertiary/aromatic N) is 1. The Morgan fingerprint density at radius 1 is 0.750 bits per heavy atom. The molecule has 2 aromatic rings. The Morgan fingerprint density at radius 2 is 1.25 bits per heavy atom. The van der Waals surface area contributed by atoms with Crippen molar-refractivity contribution < 1.29 is 22.0 Å². The van der Waals surface area contributed by atoms with Gasteiger partial charge in [0.05, 0.1) is 12.1 Å². The molecule has 0 saturated heterocycles. The van der Waals surface area contributed by atoms with E-state index < -0.39 is 34.6 Å². The molecule has 6 heteroatoms. The molecule has 0 heterocycles. The summed E-state index contributed by atoms with van der Waals surface area (Å²) in [5, 5.41) is 0. The lowest BCUT2D eigenvalue weighted by atomic mass is 10.2. The summed E-state index contributed by atoms with van der Waals surface area (Å²) in [4.78, 5) is 3.68. The van der Waals surface area contributed by atoms with Gasteiger partial charge in [0.1, 0.15) is 0 Å². The second-order valence-electron chi connectivity index (χ2n) is 3.94. The number of benzene rings is 2. The molecule has 0 amide bonds. The molecule has 0 saturated carbocycles. The van der Waals surface area contributed by atoms with Crippen molar-refractivity contribution in [3.8, 4) is 0 Å². The van der Waals surface area contributed by atoms with Crippen LogP contribution in [-0.2, 0) is 6.54 Å². The van der Waals surface area contributed by atoms with E-state index in [0.29, 0.717) is 6.21 Å². The smallest absolute Gasteiger partial charge is 0.200 e. The Hall–Kier alpha value is -2.24. The fourth-order valence-corrected chi connectivity index (χ4v) is 1.56. The third kappa shape index (κ3) is 2.68. The summed E-state index contributed by atoms with van der Waals surface area (Å²) in [5.41, 5.74) is -0.301. The third-order valence-corrected chi connectivity index (χ3v) is 2.58. The standard InChI is InChI=1S/C14H8F5N/c15-10-9(11(16)13(18)14(19)12(10)17)7-20-6-8-4-2-1-3-5-8/h1-5,7H,6H2. The molecule has 2 aromatic carbocycles. The summed E-state index contributed by atoms with van der Waals surface area (Å²) < 4.78 is 65.3. The summed E-state index contributed by atoms with van der Waals surface area (Å²) in [5.74, 6) is -9.92. The molecule has 2 rings (SSSR count). The van der Waals surface area contributed by atoms with Crippen LogP contribution in [0.5, 0.6) is 0 Å². The van der Waals surface area contributed by atoms with Gasteiger partial charge in [-0.15, -0.1) is 0 Å². The van der Waals surface area contributed by atoms with E-state index in [-0.39, 0.29) is 6.54 Å². The summed E-state index contributed by atoms with van der Waals surface area (Å²) in [6, 6.07) is 8.69. The van der Waals surface area contributed by atoms with Gasteiger partial charge in [0.2, 0.25) is 5.82 Å². The molecule has 1 nitrogen and oxygen atoms in total. The van der Waals surface area contributed by atoms with E-state index in [1.165, 1.54) is 0 Å². The van der Waals surface area contributed by atoms with Crippen LogP contribution >= 0.6 is 0 Å². The van der Waals surface area contributed by atoms with Gasteiger partial charge in [-0.3, -0.25) is 4.99 Å². The van der Waals surface area contributed by atoms with Gasteiger partial charge in [-0.2, -0.15) is 0 Å². The Balaban J connectivity index is 2.30. The first-order valence-electron chi connectivity index (χ1n) is 5.57. The van der Waals surface area contributed by atoms with Gasteiger partial charge >= 0.3 is 0 Å². The van der Waals surface area contributed by atoms with E-state index in [2.05, 4.69) is 4.99 Å². The fourth-order valence-electron chi connectivity index (χ4n) is 1.56. The average Bonchev–Trinajstić information content (AvgIpc) is 2.48. The highest BCUT2D eigenvalue weighted by Crippen LogP contribution is 2.21. The van der Waals surface area contributed by atoms with Crippen molar-refractivity contribution >= 4 is 6.21 Å².